The average molecular weight is 517 g/mol. The molecule has 10 heteroatoms. The predicted molar refractivity (Wildman–Crippen MR) is 140 cm³/mol. The third kappa shape index (κ3) is 4.48. The minimum atomic E-state index is -1.28. The van der Waals surface area contributed by atoms with E-state index in [4.69, 9.17) is 4.99 Å². The third-order valence-corrected chi connectivity index (χ3v) is 10.0. The highest BCUT2D eigenvalue weighted by molar-refractivity contribution is 8.04. The molecule has 2 saturated heterocycles. The molecule has 5 atom stereocenters. The normalized spacial score (nSPS) is 34.8. The Balaban J connectivity index is 1.33. The fourth-order valence-corrected chi connectivity index (χ4v) is 8.35. The van der Waals surface area contributed by atoms with Gasteiger partial charge in [-0.15, -0.1) is 11.8 Å². The molecule has 3 fully saturated rings. The highest BCUT2D eigenvalue weighted by Gasteiger charge is 2.55. The summed E-state index contributed by atoms with van der Waals surface area (Å²) in [6.07, 6.45) is 6.83. The van der Waals surface area contributed by atoms with Gasteiger partial charge in [0.1, 0.15) is 17.6 Å². The lowest BCUT2D eigenvalue weighted by molar-refractivity contribution is -0.128. The first-order valence-electron chi connectivity index (χ1n) is 13.8. The lowest BCUT2D eigenvalue weighted by Gasteiger charge is -2.45. The minimum Gasteiger partial charge on any atom is -0.357 e. The average Bonchev–Trinajstić information content (AvgIpc) is 3.07. The molecule has 0 aromatic carbocycles. The Bertz CT molecular complexity index is 991. The van der Waals surface area contributed by atoms with Gasteiger partial charge in [0.2, 0.25) is 0 Å². The van der Waals surface area contributed by atoms with Gasteiger partial charge in [-0.3, -0.25) is 14.6 Å². The number of thioether (sulfide) groups is 1. The maximum atomic E-state index is 15.6. The number of Topliss-reactive ketones (excluding diaryl/α,β-unsaturated/α-hetero) is 1. The highest BCUT2D eigenvalue weighted by atomic mass is 32.2. The molecule has 0 spiro atoms. The van der Waals surface area contributed by atoms with Crippen LogP contribution in [0, 0.1) is 5.92 Å². The molecular weight excluding hydrogens is 479 g/mol. The van der Waals surface area contributed by atoms with Crippen molar-refractivity contribution in [3.63, 3.8) is 0 Å². The van der Waals surface area contributed by atoms with Crippen molar-refractivity contribution in [2.45, 2.75) is 81.4 Å². The molecule has 0 aromatic rings. The first-order chi connectivity index (χ1) is 17.6. The molecule has 6 aliphatic rings. The van der Waals surface area contributed by atoms with Crippen molar-refractivity contribution in [2.24, 2.45) is 15.9 Å². The van der Waals surface area contributed by atoms with Gasteiger partial charge in [-0.25, -0.2) is 9.38 Å². The van der Waals surface area contributed by atoms with E-state index in [-0.39, 0.29) is 29.7 Å². The van der Waals surface area contributed by atoms with E-state index in [1.54, 1.807) is 11.8 Å². The molecule has 1 aliphatic carbocycles. The second-order valence-electron chi connectivity index (χ2n) is 10.8. The SMILES string of the molecule is O=C(NCC1=NCCCC1)C1=C2SC3CCCCC3N2C2N=C(N3CCCNCC3)C(F)CC2C1=O. The van der Waals surface area contributed by atoms with Gasteiger partial charge in [0.05, 0.1) is 17.5 Å². The highest BCUT2D eigenvalue weighted by Crippen LogP contribution is 2.52. The van der Waals surface area contributed by atoms with Gasteiger partial charge in [0, 0.05) is 43.2 Å². The van der Waals surface area contributed by atoms with E-state index in [0.717, 1.165) is 88.4 Å². The third-order valence-electron chi connectivity index (χ3n) is 8.52. The molecule has 0 aromatic heterocycles. The number of nitrogens with zero attached hydrogens (tertiary/aromatic N) is 4. The Morgan fingerprint density at radius 2 is 2.03 bits per heavy atom. The van der Waals surface area contributed by atoms with Crippen molar-refractivity contribution in [3.8, 4) is 0 Å². The summed E-state index contributed by atoms with van der Waals surface area (Å²) in [6, 6.07) is 0.247. The standard InChI is InChI=1S/C26H37FN6O2S/c27-18-14-17-22(34)21(25(35)30-15-16-6-3-4-10-29-16)26-33(19-7-1-2-8-20(19)36-26)23(17)31-24(18)32-12-5-9-28-11-13-32/h17-20,23,28H,1-15H2,(H,30,35). The number of carbonyl (C=O) groups is 2. The van der Waals surface area contributed by atoms with Gasteiger partial charge in [0.15, 0.2) is 12.0 Å². The smallest absolute Gasteiger partial charge is 0.257 e. The Hall–Kier alpha value is -1.94. The van der Waals surface area contributed by atoms with Crippen molar-refractivity contribution < 1.29 is 14.0 Å². The van der Waals surface area contributed by atoms with Crippen molar-refractivity contribution >= 4 is 35.0 Å². The quantitative estimate of drug-likeness (QED) is 0.560. The number of amidine groups is 1. The Kier molecular flexibility index (Phi) is 7.07. The van der Waals surface area contributed by atoms with Crippen LogP contribution in [0.2, 0.25) is 0 Å². The van der Waals surface area contributed by atoms with E-state index in [1.165, 1.54) is 6.42 Å². The molecule has 6 rings (SSSR count). The molecule has 196 valence electrons. The number of hydrogen-bond acceptors (Lipinski definition) is 8. The van der Waals surface area contributed by atoms with Crippen molar-refractivity contribution in [1.29, 1.82) is 0 Å². The van der Waals surface area contributed by atoms with E-state index in [1.807, 2.05) is 0 Å². The Labute approximate surface area is 216 Å². The molecule has 36 heavy (non-hydrogen) atoms. The van der Waals surface area contributed by atoms with Crippen molar-refractivity contribution in [3.05, 3.63) is 10.6 Å². The summed E-state index contributed by atoms with van der Waals surface area (Å²) in [7, 11) is 0. The molecule has 0 radical (unpaired) electrons. The monoisotopic (exact) mass is 516 g/mol. The number of ketones is 1. The summed E-state index contributed by atoms with van der Waals surface area (Å²) in [5.74, 6) is -0.684. The van der Waals surface area contributed by atoms with E-state index >= 15 is 4.39 Å². The maximum absolute atomic E-state index is 15.6. The van der Waals surface area contributed by atoms with Crippen LogP contribution in [0.5, 0.6) is 0 Å². The number of amides is 1. The second-order valence-corrected chi connectivity index (χ2v) is 12.1. The summed E-state index contributed by atoms with van der Waals surface area (Å²) >= 11 is 1.68. The fourth-order valence-electron chi connectivity index (χ4n) is 6.67. The largest absolute Gasteiger partial charge is 0.357 e. The number of alkyl halides is 1. The number of hydrogen-bond donors (Lipinski definition) is 2. The molecule has 8 nitrogen and oxygen atoms in total. The number of nitrogens with one attached hydrogen (secondary N) is 2. The zero-order chi connectivity index (χ0) is 24.6. The number of aliphatic imine (C=N–C) groups is 2. The van der Waals surface area contributed by atoms with Gasteiger partial charge < -0.3 is 20.4 Å². The van der Waals surface area contributed by atoms with Crippen LogP contribution in [0.25, 0.3) is 0 Å². The van der Waals surface area contributed by atoms with Crippen molar-refractivity contribution in [1.82, 2.24) is 20.4 Å². The van der Waals surface area contributed by atoms with Gasteiger partial charge in [-0.1, -0.05) is 12.8 Å². The van der Waals surface area contributed by atoms with Gasteiger partial charge in [-0.2, -0.15) is 0 Å². The summed E-state index contributed by atoms with van der Waals surface area (Å²) in [5, 5.41) is 7.50. The molecule has 5 heterocycles. The van der Waals surface area contributed by atoms with Crippen LogP contribution in [-0.4, -0.2) is 95.9 Å². The zero-order valence-corrected chi connectivity index (χ0v) is 21.7. The minimum absolute atomic E-state index is 0.0988. The topological polar surface area (TPSA) is 89.4 Å². The number of carbonyl (C=O) groups excluding carboxylic acids is 2. The molecule has 1 saturated carbocycles. The lowest BCUT2D eigenvalue weighted by Crippen LogP contribution is -2.57. The van der Waals surface area contributed by atoms with E-state index < -0.39 is 18.3 Å². The van der Waals surface area contributed by atoms with Crippen LogP contribution in [0.4, 0.5) is 4.39 Å². The van der Waals surface area contributed by atoms with E-state index in [0.29, 0.717) is 17.6 Å². The van der Waals surface area contributed by atoms with Gasteiger partial charge >= 0.3 is 0 Å². The number of fused-ring (bicyclic) bond motifs is 5. The first kappa shape index (κ1) is 24.4. The van der Waals surface area contributed by atoms with Crippen LogP contribution in [0.3, 0.4) is 0 Å². The number of rotatable bonds is 3. The Morgan fingerprint density at radius 3 is 2.89 bits per heavy atom. The summed E-state index contributed by atoms with van der Waals surface area (Å²) < 4.78 is 15.6. The van der Waals surface area contributed by atoms with Crippen LogP contribution in [0.1, 0.15) is 57.8 Å². The maximum Gasteiger partial charge on any atom is 0.257 e. The summed E-state index contributed by atoms with van der Waals surface area (Å²) in [6.45, 7) is 4.43. The summed E-state index contributed by atoms with van der Waals surface area (Å²) in [5.41, 5.74) is 1.23. The van der Waals surface area contributed by atoms with Crippen LogP contribution >= 0.6 is 11.8 Å². The molecular formula is C26H37FN6O2S. The fraction of sp³-hybridized carbons (Fsp3) is 0.769. The molecule has 1 amide bonds. The molecule has 5 aliphatic heterocycles. The van der Waals surface area contributed by atoms with Gasteiger partial charge in [-0.05, 0) is 51.5 Å². The summed E-state index contributed by atoms with van der Waals surface area (Å²) in [4.78, 5) is 41.2. The van der Waals surface area contributed by atoms with E-state index in [2.05, 4.69) is 25.4 Å². The first-order valence-corrected chi connectivity index (χ1v) is 14.7. The lowest BCUT2D eigenvalue weighted by atomic mass is 9.82. The number of halogens is 1. The second kappa shape index (κ2) is 10.4. The van der Waals surface area contributed by atoms with Crippen molar-refractivity contribution in [2.75, 3.05) is 39.3 Å². The van der Waals surface area contributed by atoms with Gasteiger partial charge in [0.25, 0.3) is 5.91 Å². The Morgan fingerprint density at radius 1 is 1.14 bits per heavy atom. The van der Waals surface area contributed by atoms with Crippen LogP contribution in [0.15, 0.2) is 20.6 Å². The van der Waals surface area contributed by atoms with Crippen LogP contribution in [-0.2, 0) is 9.59 Å². The zero-order valence-electron chi connectivity index (χ0n) is 20.9. The van der Waals surface area contributed by atoms with E-state index in [9.17, 15) is 9.59 Å². The molecule has 0 bridgehead atoms. The van der Waals surface area contributed by atoms with Crippen LogP contribution < -0.4 is 10.6 Å². The predicted octanol–water partition coefficient (Wildman–Crippen LogP) is 2.26. The molecule has 5 unspecified atom stereocenters. The molecule has 2 N–H and O–H groups in total.